The van der Waals surface area contributed by atoms with Crippen molar-refractivity contribution in [1.29, 1.82) is 0 Å². The fourth-order valence-electron chi connectivity index (χ4n) is 4.24. The van der Waals surface area contributed by atoms with Crippen LogP contribution in [0.3, 0.4) is 0 Å². The van der Waals surface area contributed by atoms with Gasteiger partial charge >= 0.3 is 5.97 Å². The highest BCUT2D eigenvalue weighted by molar-refractivity contribution is 7.84. The van der Waals surface area contributed by atoms with Gasteiger partial charge in [-0.1, -0.05) is 38.1 Å². The molecule has 1 aromatic heterocycles. The van der Waals surface area contributed by atoms with Gasteiger partial charge in [0.2, 0.25) is 5.91 Å². The largest absolute Gasteiger partial charge is 0.489 e. The highest BCUT2D eigenvalue weighted by atomic mass is 32.2. The topological polar surface area (TPSA) is 107 Å². The molecule has 1 unspecified atom stereocenters. The zero-order chi connectivity index (χ0) is 30.4. The minimum absolute atomic E-state index is 0.0388. The molecule has 0 aliphatic rings. The molecule has 0 saturated heterocycles. The Kier molecular flexibility index (Phi) is 9.85. The highest BCUT2D eigenvalue weighted by Gasteiger charge is 2.19. The molecule has 0 radical (unpaired) electrons. The molecule has 1 amide bonds. The van der Waals surface area contributed by atoms with E-state index in [-0.39, 0.29) is 35.6 Å². The first kappa shape index (κ1) is 31.0. The van der Waals surface area contributed by atoms with Gasteiger partial charge in [0.25, 0.3) is 0 Å². The van der Waals surface area contributed by atoms with Crippen molar-refractivity contribution < 1.29 is 27.7 Å². The first-order valence-corrected chi connectivity index (χ1v) is 15.0. The standard InChI is InChI=1S/C33H38N2O6S/c1-21(2)32(37)35-27-11-10-25(17-30(36)39-6)29(18-27)41-20-23-15-26-12-13-40-31(26)28(16-23)24-9-7-8-22(14-24)19-34-42(38)33(3,4)5/h7-16,18,21,34H,17,19-20H2,1-6H3,(H,35,37). The molecule has 9 heteroatoms. The van der Waals surface area contributed by atoms with Crippen molar-refractivity contribution >= 4 is 39.5 Å². The molecule has 4 aromatic rings. The van der Waals surface area contributed by atoms with Crippen molar-refractivity contribution in [2.45, 2.75) is 58.9 Å². The molecule has 42 heavy (non-hydrogen) atoms. The van der Waals surface area contributed by atoms with Gasteiger partial charge in [0.1, 0.15) is 17.9 Å². The molecular formula is C33H38N2O6S. The first-order chi connectivity index (χ1) is 19.9. The lowest BCUT2D eigenvalue weighted by Crippen LogP contribution is -2.32. The lowest BCUT2D eigenvalue weighted by molar-refractivity contribution is -0.139. The van der Waals surface area contributed by atoms with Gasteiger partial charge < -0.3 is 19.2 Å². The Balaban J connectivity index is 1.61. The van der Waals surface area contributed by atoms with Crippen LogP contribution in [-0.4, -0.2) is 27.9 Å². The summed E-state index contributed by atoms with van der Waals surface area (Å²) in [5.74, 6) is -0.199. The molecule has 0 bridgehead atoms. The first-order valence-electron chi connectivity index (χ1n) is 13.8. The highest BCUT2D eigenvalue weighted by Crippen LogP contribution is 2.33. The van der Waals surface area contributed by atoms with Crippen molar-refractivity contribution in [3.05, 3.63) is 83.6 Å². The van der Waals surface area contributed by atoms with Crippen LogP contribution in [-0.2, 0) is 44.9 Å². The fraction of sp³-hybridized carbons (Fsp3) is 0.333. The Morgan fingerprint density at radius 3 is 2.50 bits per heavy atom. The molecule has 0 spiro atoms. The van der Waals surface area contributed by atoms with Crippen LogP contribution in [0.1, 0.15) is 51.3 Å². The Hall–Kier alpha value is -3.95. The quantitative estimate of drug-likeness (QED) is 0.192. The van der Waals surface area contributed by atoms with E-state index in [1.54, 1.807) is 24.5 Å². The van der Waals surface area contributed by atoms with Crippen LogP contribution in [0, 0.1) is 5.92 Å². The van der Waals surface area contributed by atoms with Crippen LogP contribution in [0.5, 0.6) is 5.75 Å². The van der Waals surface area contributed by atoms with Crippen LogP contribution >= 0.6 is 0 Å². The number of fused-ring (bicyclic) bond motifs is 1. The molecule has 2 N–H and O–H groups in total. The van der Waals surface area contributed by atoms with Gasteiger partial charge in [-0.05, 0) is 67.8 Å². The van der Waals surface area contributed by atoms with E-state index in [0.717, 1.165) is 33.2 Å². The van der Waals surface area contributed by atoms with Gasteiger partial charge in [0, 0.05) is 40.7 Å². The Morgan fingerprint density at radius 1 is 1.00 bits per heavy atom. The minimum Gasteiger partial charge on any atom is -0.489 e. The maximum atomic E-state index is 12.5. The van der Waals surface area contributed by atoms with E-state index in [9.17, 15) is 13.8 Å². The molecule has 1 heterocycles. The summed E-state index contributed by atoms with van der Waals surface area (Å²) < 4.78 is 32.2. The average molecular weight is 591 g/mol. The summed E-state index contributed by atoms with van der Waals surface area (Å²) in [4.78, 5) is 24.3. The van der Waals surface area contributed by atoms with Crippen LogP contribution in [0.2, 0.25) is 0 Å². The number of amides is 1. The lowest BCUT2D eigenvalue weighted by atomic mass is 9.99. The number of hydrogen-bond acceptors (Lipinski definition) is 6. The summed E-state index contributed by atoms with van der Waals surface area (Å²) in [6, 6.07) is 19.2. The van der Waals surface area contributed by atoms with E-state index < -0.39 is 11.0 Å². The zero-order valence-corrected chi connectivity index (χ0v) is 25.7. The number of anilines is 1. The molecule has 8 nitrogen and oxygen atoms in total. The van der Waals surface area contributed by atoms with E-state index in [0.29, 0.717) is 23.5 Å². The number of furan rings is 1. The van der Waals surface area contributed by atoms with Gasteiger partial charge in [-0.25, -0.2) is 8.93 Å². The molecule has 0 aliphatic carbocycles. The third-order valence-corrected chi connectivity index (χ3v) is 8.15. The Labute approximate surface area is 249 Å². The molecule has 222 valence electrons. The second-order valence-corrected chi connectivity index (χ2v) is 13.4. The summed E-state index contributed by atoms with van der Waals surface area (Å²) >= 11 is 0. The fourth-order valence-corrected chi connectivity index (χ4v) is 4.97. The maximum absolute atomic E-state index is 12.5. The van der Waals surface area contributed by atoms with E-state index in [4.69, 9.17) is 13.9 Å². The minimum atomic E-state index is -1.18. The van der Waals surface area contributed by atoms with Gasteiger partial charge in [-0.15, -0.1) is 0 Å². The van der Waals surface area contributed by atoms with Crippen molar-refractivity contribution in [1.82, 2.24) is 4.72 Å². The van der Waals surface area contributed by atoms with Crippen LogP contribution in [0.4, 0.5) is 5.69 Å². The summed E-state index contributed by atoms with van der Waals surface area (Å²) in [5.41, 5.74) is 5.76. The average Bonchev–Trinajstić information content (AvgIpc) is 3.43. The zero-order valence-electron chi connectivity index (χ0n) is 24.9. The summed E-state index contributed by atoms with van der Waals surface area (Å²) in [6.07, 6.45) is 1.70. The lowest BCUT2D eigenvalue weighted by Gasteiger charge is -2.18. The number of rotatable bonds is 11. The number of carbonyl (C=O) groups is 2. The van der Waals surface area contributed by atoms with E-state index in [2.05, 4.69) is 16.1 Å². The molecule has 0 saturated carbocycles. The van der Waals surface area contributed by atoms with E-state index >= 15 is 0 Å². The van der Waals surface area contributed by atoms with Crippen LogP contribution in [0.15, 0.2) is 71.3 Å². The SMILES string of the molecule is COC(=O)Cc1ccc(NC(=O)C(C)C)cc1OCc1cc(-c2cccc(CNS(=O)C(C)(C)C)c2)c2occc2c1. The molecular weight excluding hydrogens is 552 g/mol. The number of carbonyl (C=O) groups excluding carboxylic acids is 2. The third kappa shape index (κ3) is 7.86. The third-order valence-electron chi connectivity index (χ3n) is 6.63. The smallest absolute Gasteiger partial charge is 0.310 e. The number of benzene rings is 3. The Morgan fingerprint density at radius 2 is 1.79 bits per heavy atom. The summed E-state index contributed by atoms with van der Waals surface area (Å²) in [6.45, 7) is 10.1. The van der Waals surface area contributed by atoms with Crippen molar-refractivity contribution in [2.75, 3.05) is 12.4 Å². The van der Waals surface area contributed by atoms with Gasteiger partial charge in [0.05, 0.1) is 35.5 Å². The molecule has 0 fully saturated rings. The molecule has 3 aromatic carbocycles. The summed E-state index contributed by atoms with van der Waals surface area (Å²) in [5, 5.41) is 3.81. The molecule has 1 atom stereocenters. The van der Waals surface area contributed by atoms with Crippen molar-refractivity contribution in [3.8, 4) is 16.9 Å². The van der Waals surface area contributed by atoms with Crippen molar-refractivity contribution in [2.24, 2.45) is 5.92 Å². The summed E-state index contributed by atoms with van der Waals surface area (Å²) in [7, 11) is 0.163. The molecule has 0 aliphatic heterocycles. The number of nitrogens with one attached hydrogen (secondary N) is 2. The van der Waals surface area contributed by atoms with E-state index in [1.165, 1.54) is 7.11 Å². The predicted molar refractivity (Wildman–Crippen MR) is 166 cm³/mol. The normalized spacial score (nSPS) is 12.4. The monoisotopic (exact) mass is 590 g/mol. The second kappa shape index (κ2) is 13.4. The maximum Gasteiger partial charge on any atom is 0.310 e. The van der Waals surface area contributed by atoms with Crippen molar-refractivity contribution in [3.63, 3.8) is 0 Å². The van der Waals surface area contributed by atoms with Crippen LogP contribution < -0.4 is 14.8 Å². The van der Waals surface area contributed by atoms with Gasteiger partial charge in [0.15, 0.2) is 0 Å². The van der Waals surface area contributed by atoms with Gasteiger partial charge in [-0.3, -0.25) is 9.59 Å². The number of methoxy groups -OCH3 is 1. The predicted octanol–water partition coefficient (Wildman–Crippen LogP) is 6.54. The number of ether oxygens (including phenoxy) is 2. The number of esters is 1. The molecule has 4 rings (SSSR count). The van der Waals surface area contributed by atoms with E-state index in [1.807, 2.05) is 71.0 Å². The second-order valence-electron chi connectivity index (χ2n) is 11.4. The number of hydrogen-bond donors (Lipinski definition) is 2. The Bertz CT molecular complexity index is 1600. The van der Waals surface area contributed by atoms with Crippen LogP contribution in [0.25, 0.3) is 22.1 Å². The van der Waals surface area contributed by atoms with Gasteiger partial charge in [-0.2, -0.15) is 0 Å².